The average Bonchev–Trinajstić information content (AvgIpc) is 3.14. The quantitative estimate of drug-likeness (QED) is 0.763. The number of hydrogen-bond donors (Lipinski definition) is 1. The fourth-order valence-electron chi connectivity index (χ4n) is 2.35. The summed E-state index contributed by atoms with van der Waals surface area (Å²) in [7, 11) is 0. The van der Waals surface area contributed by atoms with Crippen LogP contribution in [0.5, 0.6) is 0 Å². The monoisotopic (exact) mass is 343 g/mol. The van der Waals surface area contributed by atoms with Crippen LogP contribution in [-0.2, 0) is 6.42 Å². The molecule has 24 heavy (non-hydrogen) atoms. The summed E-state index contributed by atoms with van der Waals surface area (Å²) in [6, 6.07) is 3.64. The lowest BCUT2D eigenvalue weighted by Crippen LogP contribution is -2.14. The number of nitrogens with one attached hydrogen (secondary N) is 1. The van der Waals surface area contributed by atoms with Gasteiger partial charge in [0.05, 0.1) is 11.4 Å². The van der Waals surface area contributed by atoms with Gasteiger partial charge in [0.2, 0.25) is 0 Å². The van der Waals surface area contributed by atoms with E-state index in [-0.39, 0.29) is 5.91 Å². The van der Waals surface area contributed by atoms with E-state index in [9.17, 15) is 4.79 Å². The van der Waals surface area contributed by atoms with Gasteiger partial charge in [-0.3, -0.25) is 4.79 Å². The SMILES string of the molecule is CCCc1nnsc1C(=O)Nc1cc(-n2nc(C)cc2C)ncn1. The number of carbonyl (C=O) groups excluding carboxylic acids is 1. The van der Waals surface area contributed by atoms with Gasteiger partial charge in [-0.2, -0.15) is 5.10 Å². The molecule has 124 valence electrons. The maximum Gasteiger partial charge on any atom is 0.270 e. The van der Waals surface area contributed by atoms with Crippen LogP contribution in [0.2, 0.25) is 0 Å². The van der Waals surface area contributed by atoms with Gasteiger partial charge in [0, 0.05) is 11.8 Å². The second-order valence-electron chi connectivity index (χ2n) is 5.35. The lowest BCUT2D eigenvalue weighted by Gasteiger charge is -2.06. The Morgan fingerprint density at radius 2 is 2.12 bits per heavy atom. The third-order valence-corrected chi connectivity index (χ3v) is 4.14. The average molecular weight is 343 g/mol. The summed E-state index contributed by atoms with van der Waals surface area (Å²) in [4.78, 5) is 21.3. The molecule has 3 aromatic heterocycles. The molecule has 0 aromatic carbocycles. The number of aryl methyl sites for hydroxylation is 3. The standard InChI is InChI=1S/C15H17N7OS/c1-4-5-11-14(24-21-19-11)15(23)18-12-7-13(17-8-16-12)22-10(3)6-9(2)20-22/h6-8H,4-5H2,1-3H3,(H,16,17,18,23). The minimum atomic E-state index is -0.258. The molecule has 0 aliphatic heterocycles. The Kier molecular flexibility index (Phi) is 4.61. The Labute approximate surface area is 143 Å². The number of anilines is 1. The van der Waals surface area contributed by atoms with Crippen LogP contribution in [0.4, 0.5) is 5.82 Å². The van der Waals surface area contributed by atoms with Crippen LogP contribution < -0.4 is 5.32 Å². The van der Waals surface area contributed by atoms with Gasteiger partial charge in [-0.1, -0.05) is 17.8 Å². The van der Waals surface area contributed by atoms with Crippen molar-refractivity contribution in [3.05, 3.63) is 40.4 Å². The van der Waals surface area contributed by atoms with Crippen molar-refractivity contribution >= 4 is 23.3 Å². The summed E-state index contributed by atoms with van der Waals surface area (Å²) in [5.41, 5.74) is 2.57. The minimum Gasteiger partial charge on any atom is -0.306 e. The Morgan fingerprint density at radius 3 is 2.83 bits per heavy atom. The van der Waals surface area contributed by atoms with Gasteiger partial charge in [0.1, 0.15) is 17.0 Å². The molecule has 0 saturated carbocycles. The molecule has 1 amide bonds. The maximum absolute atomic E-state index is 12.4. The van der Waals surface area contributed by atoms with Crippen molar-refractivity contribution in [3.8, 4) is 5.82 Å². The number of hydrogen-bond acceptors (Lipinski definition) is 7. The fraction of sp³-hybridized carbons (Fsp3) is 0.333. The van der Waals surface area contributed by atoms with Crippen molar-refractivity contribution in [3.63, 3.8) is 0 Å². The summed E-state index contributed by atoms with van der Waals surface area (Å²) >= 11 is 1.09. The molecule has 0 spiro atoms. The number of aromatic nitrogens is 6. The van der Waals surface area contributed by atoms with E-state index in [0.717, 1.165) is 35.8 Å². The molecule has 0 aliphatic carbocycles. The smallest absolute Gasteiger partial charge is 0.270 e. The van der Waals surface area contributed by atoms with Gasteiger partial charge < -0.3 is 5.32 Å². The first-order valence-electron chi connectivity index (χ1n) is 7.56. The summed E-state index contributed by atoms with van der Waals surface area (Å²) in [6.45, 7) is 5.89. The molecular weight excluding hydrogens is 326 g/mol. The van der Waals surface area contributed by atoms with Crippen molar-refractivity contribution in [2.45, 2.75) is 33.6 Å². The highest BCUT2D eigenvalue weighted by Gasteiger charge is 2.17. The minimum absolute atomic E-state index is 0.258. The van der Waals surface area contributed by atoms with Gasteiger partial charge >= 0.3 is 0 Å². The Morgan fingerprint density at radius 1 is 1.29 bits per heavy atom. The number of carbonyl (C=O) groups is 1. The number of nitrogens with zero attached hydrogens (tertiary/aromatic N) is 6. The highest BCUT2D eigenvalue weighted by molar-refractivity contribution is 7.08. The summed E-state index contributed by atoms with van der Waals surface area (Å²) in [5, 5.41) is 11.2. The molecule has 0 unspecified atom stereocenters. The van der Waals surface area contributed by atoms with Crippen molar-refractivity contribution in [2.24, 2.45) is 0 Å². The third kappa shape index (κ3) is 3.30. The van der Waals surface area contributed by atoms with E-state index < -0.39 is 0 Å². The molecule has 9 heteroatoms. The summed E-state index contributed by atoms with van der Waals surface area (Å²) < 4.78 is 5.58. The normalized spacial score (nSPS) is 10.8. The zero-order valence-electron chi connectivity index (χ0n) is 13.6. The fourth-order valence-corrected chi connectivity index (χ4v) is 2.95. The van der Waals surface area contributed by atoms with E-state index in [4.69, 9.17) is 0 Å². The van der Waals surface area contributed by atoms with Crippen LogP contribution in [-0.4, -0.2) is 35.2 Å². The lowest BCUT2D eigenvalue weighted by molar-refractivity contribution is 0.102. The van der Waals surface area contributed by atoms with Gasteiger partial charge in [-0.25, -0.2) is 14.6 Å². The largest absolute Gasteiger partial charge is 0.306 e. The van der Waals surface area contributed by atoms with Crippen LogP contribution >= 0.6 is 11.5 Å². The van der Waals surface area contributed by atoms with Crippen LogP contribution in [0.15, 0.2) is 18.5 Å². The molecule has 1 N–H and O–H groups in total. The Bertz CT molecular complexity index is 870. The number of rotatable bonds is 5. The topological polar surface area (TPSA) is 98.5 Å². The molecule has 0 bridgehead atoms. The predicted octanol–water partition coefficient (Wildman–Crippen LogP) is 2.34. The van der Waals surface area contributed by atoms with Crippen molar-refractivity contribution in [1.82, 2.24) is 29.3 Å². The van der Waals surface area contributed by atoms with E-state index in [1.165, 1.54) is 6.33 Å². The van der Waals surface area contributed by atoms with E-state index in [1.807, 2.05) is 26.8 Å². The first kappa shape index (κ1) is 16.2. The first-order chi connectivity index (χ1) is 11.6. The van der Waals surface area contributed by atoms with Crippen LogP contribution in [0, 0.1) is 13.8 Å². The Balaban J connectivity index is 1.83. The van der Waals surface area contributed by atoms with Crippen LogP contribution in [0.3, 0.4) is 0 Å². The predicted molar refractivity (Wildman–Crippen MR) is 90.5 cm³/mol. The summed E-state index contributed by atoms with van der Waals surface area (Å²) in [5.74, 6) is 0.752. The zero-order valence-corrected chi connectivity index (χ0v) is 14.5. The van der Waals surface area contributed by atoms with Gasteiger partial charge in [-0.15, -0.1) is 5.10 Å². The second kappa shape index (κ2) is 6.83. The molecular formula is C15H17N7OS. The molecule has 8 nitrogen and oxygen atoms in total. The van der Waals surface area contributed by atoms with E-state index in [2.05, 4.69) is 30.0 Å². The van der Waals surface area contributed by atoms with Crippen molar-refractivity contribution in [1.29, 1.82) is 0 Å². The molecule has 0 aliphatic rings. The van der Waals surface area contributed by atoms with Crippen LogP contribution in [0.1, 0.15) is 40.1 Å². The highest BCUT2D eigenvalue weighted by atomic mass is 32.1. The molecule has 0 atom stereocenters. The van der Waals surface area contributed by atoms with Gasteiger partial charge in [0.25, 0.3) is 5.91 Å². The molecule has 0 saturated heterocycles. The number of amides is 1. The van der Waals surface area contributed by atoms with E-state index >= 15 is 0 Å². The zero-order chi connectivity index (χ0) is 17.1. The molecule has 0 radical (unpaired) electrons. The molecule has 3 heterocycles. The second-order valence-corrected chi connectivity index (χ2v) is 6.11. The van der Waals surface area contributed by atoms with E-state index in [1.54, 1.807) is 10.7 Å². The third-order valence-electron chi connectivity index (χ3n) is 3.37. The van der Waals surface area contributed by atoms with Crippen molar-refractivity contribution in [2.75, 3.05) is 5.32 Å². The maximum atomic E-state index is 12.4. The molecule has 3 aromatic rings. The summed E-state index contributed by atoms with van der Waals surface area (Å²) in [6.07, 6.45) is 3.03. The van der Waals surface area contributed by atoms with Crippen LogP contribution in [0.25, 0.3) is 5.82 Å². The highest BCUT2D eigenvalue weighted by Crippen LogP contribution is 2.16. The van der Waals surface area contributed by atoms with Gasteiger partial charge in [0.15, 0.2) is 5.82 Å². The first-order valence-corrected chi connectivity index (χ1v) is 8.34. The molecule has 0 fully saturated rings. The van der Waals surface area contributed by atoms with Gasteiger partial charge in [-0.05, 0) is 37.9 Å². The molecule has 3 rings (SSSR count). The Hall–Kier alpha value is -2.68. The van der Waals surface area contributed by atoms with Crippen molar-refractivity contribution < 1.29 is 4.79 Å². The lowest BCUT2D eigenvalue weighted by atomic mass is 10.2. The van der Waals surface area contributed by atoms with E-state index in [0.29, 0.717) is 22.2 Å².